The third kappa shape index (κ3) is 1.95. The lowest BCUT2D eigenvalue weighted by atomic mass is 10.1. The van der Waals surface area contributed by atoms with Crippen LogP contribution in [0.5, 0.6) is 0 Å². The molecule has 0 amide bonds. The van der Waals surface area contributed by atoms with Gasteiger partial charge in [0, 0.05) is 10.3 Å². The van der Waals surface area contributed by atoms with Crippen LogP contribution in [0.4, 0.5) is 0 Å². The van der Waals surface area contributed by atoms with Crippen molar-refractivity contribution in [3.8, 4) is 0 Å². The maximum absolute atomic E-state index is 12.4. The van der Waals surface area contributed by atoms with Crippen molar-refractivity contribution >= 4 is 27.2 Å². The van der Waals surface area contributed by atoms with Gasteiger partial charge in [0.2, 0.25) is 5.78 Å². The van der Waals surface area contributed by atoms with Crippen molar-refractivity contribution in [3.63, 3.8) is 0 Å². The van der Waals surface area contributed by atoms with E-state index < -0.39 is 0 Å². The van der Waals surface area contributed by atoms with Gasteiger partial charge in [-0.1, -0.05) is 42.0 Å². The van der Waals surface area contributed by atoms with E-state index in [4.69, 9.17) is 0 Å². The van der Waals surface area contributed by atoms with Crippen molar-refractivity contribution in [2.24, 2.45) is 0 Å². The first-order chi connectivity index (χ1) is 8.74. The number of carbonyl (C=O) groups is 1. The van der Waals surface area contributed by atoms with Crippen molar-refractivity contribution in [3.05, 3.63) is 70.6 Å². The zero-order valence-corrected chi connectivity index (χ0v) is 10.8. The second kappa shape index (κ2) is 4.39. The van der Waals surface area contributed by atoms with Crippen LogP contribution in [0.1, 0.15) is 20.8 Å². The fourth-order valence-electron chi connectivity index (χ4n) is 2.02. The van der Waals surface area contributed by atoms with E-state index in [1.54, 1.807) is 11.3 Å². The summed E-state index contributed by atoms with van der Waals surface area (Å²) in [5.41, 5.74) is 1.88. The Kier molecular flexibility index (Phi) is 2.73. The van der Waals surface area contributed by atoms with Gasteiger partial charge in [0.15, 0.2) is 0 Å². The molecule has 0 unspecified atom stereocenters. The van der Waals surface area contributed by atoms with Gasteiger partial charge in [0.05, 0.1) is 4.88 Å². The van der Waals surface area contributed by atoms with Crippen LogP contribution in [0.15, 0.2) is 54.6 Å². The molecule has 0 aliphatic heterocycles. The van der Waals surface area contributed by atoms with E-state index in [0.29, 0.717) is 0 Å². The molecule has 0 N–H and O–H groups in total. The summed E-state index contributed by atoms with van der Waals surface area (Å²) in [6.45, 7) is 2.00. The van der Waals surface area contributed by atoms with Gasteiger partial charge >= 0.3 is 0 Å². The largest absolute Gasteiger partial charge is 0.288 e. The van der Waals surface area contributed by atoms with Crippen LogP contribution in [0.2, 0.25) is 0 Å². The average molecular weight is 252 g/mol. The van der Waals surface area contributed by atoms with Crippen molar-refractivity contribution in [1.29, 1.82) is 0 Å². The molecule has 1 nitrogen and oxygen atoms in total. The summed E-state index contributed by atoms with van der Waals surface area (Å²) < 4.78 is 1.16. The highest BCUT2D eigenvalue weighted by Crippen LogP contribution is 2.27. The standard InChI is InChI=1S/C16H12OS/c1-11-5-4-7-13(9-11)16(17)15-10-12-6-2-3-8-14(12)18-15/h2-10H,1H3. The van der Waals surface area contributed by atoms with E-state index in [0.717, 1.165) is 26.1 Å². The van der Waals surface area contributed by atoms with Crippen molar-refractivity contribution in [2.75, 3.05) is 0 Å². The minimum atomic E-state index is 0.111. The molecule has 3 rings (SSSR count). The Morgan fingerprint density at radius 3 is 2.61 bits per heavy atom. The van der Waals surface area contributed by atoms with E-state index in [-0.39, 0.29) is 5.78 Å². The highest BCUT2D eigenvalue weighted by molar-refractivity contribution is 7.21. The second-order valence-corrected chi connectivity index (χ2v) is 5.43. The smallest absolute Gasteiger partial charge is 0.202 e. The first-order valence-corrected chi connectivity index (χ1v) is 6.65. The first kappa shape index (κ1) is 11.2. The molecule has 0 fully saturated rings. The number of aryl methyl sites for hydroxylation is 1. The lowest BCUT2D eigenvalue weighted by Crippen LogP contribution is -1.98. The summed E-state index contributed by atoms with van der Waals surface area (Å²) >= 11 is 1.56. The number of carbonyl (C=O) groups excluding carboxylic acids is 1. The molecule has 0 saturated carbocycles. The fourth-order valence-corrected chi connectivity index (χ4v) is 3.05. The number of thiophene rings is 1. The lowest BCUT2D eigenvalue weighted by Gasteiger charge is -1.98. The highest BCUT2D eigenvalue weighted by atomic mass is 32.1. The van der Waals surface area contributed by atoms with E-state index in [1.165, 1.54) is 0 Å². The Labute approximate surface area is 110 Å². The number of benzene rings is 2. The Morgan fingerprint density at radius 1 is 1.00 bits per heavy atom. The molecule has 0 bridgehead atoms. The Hall–Kier alpha value is -1.93. The van der Waals surface area contributed by atoms with Gasteiger partial charge in [0.1, 0.15) is 0 Å². The molecular formula is C16H12OS. The number of fused-ring (bicyclic) bond motifs is 1. The molecule has 0 spiro atoms. The minimum absolute atomic E-state index is 0.111. The van der Waals surface area contributed by atoms with Crippen LogP contribution >= 0.6 is 11.3 Å². The molecule has 0 aliphatic rings. The summed E-state index contributed by atoms with van der Waals surface area (Å²) in [5, 5.41) is 1.14. The van der Waals surface area contributed by atoms with Gasteiger partial charge in [-0.15, -0.1) is 11.3 Å². The summed E-state index contributed by atoms with van der Waals surface area (Å²) in [7, 11) is 0. The first-order valence-electron chi connectivity index (χ1n) is 5.84. The fraction of sp³-hybridized carbons (Fsp3) is 0.0625. The third-order valence-corrected chi connectivity index (χ3v) is 4.04. The van der Waals surface area contributed by atoms with Gasteiger partial charge in [-0.3, -0.25) is 4.79 Å². The zero-order valence-electron chi connectivity index (χ0n) is 10.0. The molecule has 1 heterocycles. The molecule has 2 aromatic carbocycles. The van der Waals surface area contributed by atoms with Crippen LogP contribution < -0.4 is 0 Å². The van der Waals surface area contributed by atoms with Crippen molar-refractivity contribution < 1.29 is 4.79 Å². The maximum atomic E-state index is 12.4. The van der Waals surface area contributed by atoms with Gasteiger partial charge in [-0.2, -0.15) is 0 Å². The number of hydrogen-bond donors (Lipinski definition) is 0. The monoisotopic (exact) mass is 252 g/mol. The molecule has 0 atom stereocenters. The molecule has 0 aliphatic carbocycles. The normalized spacial score (nSPS) is 10.7. The van der Waals surface area contributed by atoms with E-state index in [9.17, 15) is 4.79 Å². The highest BCUT2D eigenvalue weighted by Gasteiger charge is 2.12. The molecule has 18 heavy (non-hydrogen) atoms. The SMILES string of the molecule is Cc1cccc(C(=O)c2cc3ccccc3s2)c1. The Balaban J connectivity index is 2.06. The molecule has 0 saturated heterocycles. The average Bonchev–Trinajstić information content (AvgIpc) is 2.81. The summed E-state index contributed by atoms with van der Waals surface area (Å²) in [5.74, 6) is 0.111. The topological polar surface area (TPSA) is 17.1 Å². The van der Waals surface area contributed by atoms with Gasteiger partial charge in [-0.25, -0.2) is 0 Å². The molecule has 0 radical (unpaired) electrons. The predicted octanol–water partition coefficient (Wildman–Crippen LogP) is 4.44. The van der Waals surface area contributed by atoms with Crippen LogP contribution in [-0.4, -0.2) is 5.78 Å². The molecular weight excluding hydrogens is 240 g/mol. The Morgan fingerprint density at radius 2 is 1.83 bits per heavy atom. The van der Waals surface area contributed by atoms with Crippen LogP contribution in [0.3, 0.4) is 0 Å². The second-order valence-electron chi connectivity index (χ2n) is 4.35. The van der Waals surface area contributed by atoms with Gasteiger partial charge in [-0.05, 0) is 30.5 Å². The van der Waals surface area contributed by atoms with E-state index in [1.807, 2.05) is 61.5 Å². The van der Waals surface area contributed by atoms with E-state index >= 15 is 0 Å². The molecule has 1 aromatic heterocycles. The van der Waals surface area contributed by atoms with Gasteiger partial charge in [0.25, 0.3) is 0 Å². The predicted molar refractivity (Wildman–Crippen MR) is 76.4 cm³/mol. The quantitative estimate of drug-likeness (QED) is 0.616. The number of ketones is 1. The number of hydrogen-bond acceptors (Lipinski definition) is 2. The molecule has 2 heteroatoms. The summed E-state index contributed by atoms with van der Waals surface area (Å²) in [6.07, 6.45) is 0. The van der Waals surface area contributed by atoms with Crippen LogP contribution in [-0.2, 0) is 0 Å². The van der Waals surface area contributed by atoms with E-state index in [2.05, 4.69) is 0 Å². The molecule has 3 aromatic rings. The van der Waals surface area contributed by atoms with Crippen molar-refractivity contribution in [2.45, 2.75) is 6.92 Å². The van der Waals surface area contributed by atoms with Crippen LogP contribution in [0, 0.1) is 6.92 Å². The van der Waals surface area contributed by atoms with Crippen LogP contribution in [0.25, 0.3) is 10.1 Å². The number of rotatable bonds is 2. The van der Waals surface area contributed by atoms with Gasteiger partial charge < -0.3 is 0 Å². The third-order valence-electron chi connectivity index (χ3n) is 2.93. The maximum Gasteiger partial charge on any atom is 0.202 e. The summed E-state index contributed by atoms with van der Waals surface area (Å²) in [6, 6.07) is 17.8. The Bertz CT molecular complexity index is 692. The minimum Gasteiger partial charge on any atom is -0.288 e. The molecule has 88 valence electrons. The lowest BCUT2D eigenvalue weighted by molar-refractivity contribution is 0.104. The van der Waals surface area contributed by atoms with Crippen molar-refractivity contribution in [1.82, 2.24) is 0 Å². The summed E-state index contributed by atoms with van der Waals surface area (Å²) in [4.78, 5) is 13.2. The zero-order chi connectivity index (χ0) is 12.5.